The molecule has 18 heavy (non-hydrogen) atoms. The summed E-state index contributed by atoms with van der Waals surface area (Å²) < 4.78 is 1.15. The van der Waals surface area contributed by atoms with Crippen molar-refractivity contribution in [1.82, 2.24) is 4.98 Å². The van der Waals surface area contributed by atoms with Gasteiger partial charge in [0, 0.05) is 5.92 Å². The lowest BCUT2D eigenvalue weighted by molar-refractivity contribution is -0.143. The molecule has 1 aliphatic rings. The van der Waals surface area contributed by atoms with E-state index in [1.54, 1.807) is 11.3 Å². The average Bonchev–Trinajstić information content (AvgIpc) is 2.82. The monoisotopic (exact) mass is 261 g/mol. The van der Waals surface area contributed by atoms with Gasteiger partial charge in [-0.3, -0.25) is 4.79 Å². The lowest BCUT2D eigenvalue weighted by Crippen LogP contribution is -2.25. The molecule has 1 fully saturated rings. The van der Waals surface area contributed by atoms with Crippen LogP contribution in [-0.2, 0) is 4.79 Å². The predicted octanol–water partition coefficient (Wildman–Crippen LogP) is 3.65. The van der Waals surface area contributed by atoms with Crippen LogP contribution < -0.4 is 0 Å². The quantitative estimate of drug-likeness (QED) is 0.897. The molecule has 0 bridgehead atoms. The Balaban J connectivity index is 1.98. The number of hydrogen-bond donors (Lipinski definition) is 1. The van der Waals surface area contributed by atoms with Crippen LogP contribution in [0, 0.1) is 5.92 Å². The van der Waals surface area contributed by atoms with Crippen molar-refractivity contribution in [2.45, 2.75) is 31.6 Å². The zero-order chi connectivity index (χ0) is 12.5. The molecule has 0 aliphatic heterocycles. The van der Waals surface area contributed by atoms with E-state index >= 15 is 0 Å². The minimum atomic E-state index is -0.668. The molecule has 1 N–H and O–H groups in total. The number of thiazole rings is 1. The molecule has 3 nitrogen and oxygen atoms in total. The Bertz CT molecular complexity index is 545. The Hall–Kier alpha value is -1.42. The van der Waals surface area contributed by atoms with Gasteiger partial charge in [0.2, 0.25) is 0 Å². The van der Waals surface area contributed by atoms with E-state index in [1.807, 2.05) is 18.2 Å². The van der Waals surface area contributed by atoms with Crippen LogP contribution in [0.15, 0.2) is 24.3 Å². The van der Waals surface area contributed by atoms with Crippen molar-refractivity contribution >= 4 is 27.5 Å². The SMILES string of the molecule is O=C(O)[C@@H]1CCCC[C@@H]1c1nc2ccccc2s1. The molecule has 1 aromatic heterocycles. The molecule has 0 saturated heterocycles. The maximum absolute atomic E-state index is 11.3. The second kappa shape index (κ2) is 4.69. The Morgan fingerprint density at radius 3 is 2.83 bits per heavy atom. The molecular weight excluding hydrogens is 246 g/mol. The first kappa shape index (κ1) is 11.7. The average molecular weight is 261 g/mol. The summed E-state index contributed by atoms with van der Waals surface area (Å²) in [4.78, 5) is 16.0. The molecular formula is C14H15NO2S. The minimum Gasteiger partial charge on any atom is -0.481 e. The van der Waals surface area contributed by atoms with Gasteiger partial charge in [0.15, 0.2) is 0 Å². The number of fused-ring (bicyclic) bond motifs is 1. The summed E-state index contributed by atoms with van der Waals surface area (Å²) in [5, 5.41) is 10.3. The number of hydrogen-bond acceptors (Lipinski definition) is 3. The fourth-order valence-corrected chi connectivity index (χ4v) is 3.94. The number of carboxylic acids is 1. The summed E-state index contributed by atoms with van der Waals surface area (Å²) in [6.07, 6.45) is 3.88. The molecule has 4 heteroatoms. The highest BCUT2D eigenvalue weighted by Crippen LogP contribution is 2.40. The van der Waals surface area contributed by atoms with Crippen LogP contribution in [0.1, 0.15) is 36.6 Å². The highest BCUT2D eigenvalue weighted by Gasteiger charge is 2.33. The van der Waals surface area contributed by atoms with E-state index in [0.717, 1.165) is 40.9 Å². The molecule has 1 saturated carbocycles. The standard InChI is InChI=1S/C14H15NO2S/c16-14(17)10-6-2-1-5-9(10)13-15-11-7-3-4-8-12(11)18-13/h3-4,7-10H,1-2,5-6H2,(H,16,17)/t9-,10+/m0/s1. The lowest BCUT2D eigenvalue weighted by atomic mass is 9.79. The van der Waals surface area contributed by atoms with Crippen molar-refractivity contribution in [2.24, 2.45) is 5.92 Å². The van der Waals surface area contributed by atoms with Crippen LogP contribution in [0.4, 0.5) is 0 Å². The van der Waals surface area contributed by atoms with Crippen LogP contribution in [0.2, 0.25) is 0 Å². The number of rotatable bonds is 2. The lowest BCUT2D eigenvalue weighted by Gasteiger charge is -2.26. The molecule has 2 atom stereocenters. The van der Waals surface area contributed by atoms with Gasteiger partial charge in [0.1, 0.15) is 0 Å². The number of carboxylic acid groups (broad SMARTS) is 1. The summed E-state index contributed by atoms with van der Waals surface area (Å²) in [6.45, 7) is 0. The second-order valence-corrected chi connectivity index (χ2v) is 5.92. The predicted molar refractivity (Wildman–Crippen MR) is 72.0 cm³/mol. The highest BCUT2D eigenvalue weighted by molar-refractivity contribution is 7.18. The number of nitrogens with zero attached hydrogens (tertiary/aromatic N) is 1. The van der Waals surface area contributed by atoms with Crippen LogP contribution in [-0.4, -0.2) is 16.1 Å². The maximum atomic E-state index is 11.3. The first-order valence-corrected chi connectivity index (χ1v) is 7.15. The first-order valence-electron chi connectivity index (χ1n) is 6.34. The first-order chi connectivity index (χ1) is 8.75. The molecule has 0 amide bonds. The third-order valence-electron chi connectivity index (χ3n) is 3.71. The van der Waals surface area contributed by atoms with E-state index in [0.29, 0.717) is 0 Å². The van der Waals surface area contributed by atoms with E-state index in [1.165, 1.54) is 0 Å². The van der Waals surface area contributed by atoms with E-state index in [-0.39, 0.29) is 11.8 Å². The topological polar surface area (TPSA) is 50.2 Å². The third kappa shape index (κ3) is 2.01. The third-order valence-corrected chi connectivity index (χ3v) is 4.88. The van der Waals surface area contributed by atoms with Gasteiger partial charge in [-0.15, -0.1) is 11.3 Å². The Morgan fingerprint density at radius 1 is 1.28 bits per heavy atom. The van der Waals surface area contributed by atoms with Gasteiger partial charge in [-0.2, -0.15) is 0 Å². The molecule has 0 spiro atoms. The number of para-hydroxylation sites is 1. The number of benzene rings is 1. The molecule has 1 aromatic carbocycles. The molecule has 0 unspecified atom stereocenters. The summed E-state index contributed by atoms with van der Waals surface area (Å²) in [7, 11) is 0. The fourth-order valence-electron chi connectivity index (χ4n) is 2.77. The highest BCUT2D eigenvalue weighted by atomic mass is 32.1. The summed E-state index contributed by atoms with van der Waals surface area (Å²) in [5.41, 5.74) is 0.993. The second-order valence-electron chi connectivity index (χ2n) is 4.86. The van der Waals surface area contributed by atoms with Gasteiger partial charge < -0.3 is 5.11 Å². The summed E-state index contributed by atoms with van der Waals surface area (Å²) >= 11 is 1.65. The maximum Gasteiger partial charge on any atom is 0.307 e. The number of aliphatic carboxylic acids is 1. The Labute approximate surface area is 109 Å². The Morgan fingerprint density at radius 2 is 2.06 bits per heavy atom. The number of aromatic nitrogens is 1. The van der Waals surface area contributed by atoms with Gasteiger partial charge >= 0.3 is 5.97 Å². The van der Waals surface area contributed by atoms with Gasteiger partial charge in [-0.1, -0.05) is 25.0 Å². The van der Waals surface area contributed by atoms with E-state index in [2.05, 4.69) is 11.1 Å². The zero-order valence-corrected chi connectivity index (χ0v) is 10.8. The molecule has 3 rings (SSSR count). The summed E-state index contributed by atoms with van der Waals surface area (Å²) in [6, 6.07) is 8.02. The van der Waals surface area contributed by atoms with E-state index in [4.69, 9.17) is 0 Å². The van der Waals surface area contributed by atoms with Crippen molar-refractivity contribution in [2.75, 3.05) is 0 Å². The van der Waals surface area contributed by atoms with Crippen LogP contribution >= 0.6 is 11.3 Å². The largest absolute Gasteiger partial charge is 0.481 e. The van der Waals surface area contributed by atoms with Crippen LogP contribution in [0.5, 0.6) is 0 Å². The van der Waals surface area contributed by atoms with E-state index in [9.17, 15) is 9.90 Å². The van der Waals surface area contributed by atoms with Gasteiger partial charge in [-0.05, 0) is 25.0 Å². The van der Waals surface area contributed by atoms with Crippen LogP contribution in [0.3, 0.4) is 0 Å². The van der Waals surface area contributed by atoms with Gasteiger partial charge in [-0.25, -0.2) is 4.98 Å². The van der Waals surface area contributed by atoms with Crippen molar-refractivity contribution < 1.29 is 9.90 Å². The smallest absolute Gasteiger partial charge is 0.307 e. The fraction of sp³-hybridized carbons (Fsp3) is 0.429. The molecule has 94 valence electrons. The molecule has 1 aliphatic carbocycles. The molecule has 2 aromatic rings. The van der Waals surface area contributed by atoms with Gasteiger partial charge in [0.25, 0.3) is 0 Å². The van der Waals surface area contributed by atoms with Crippen molar-refractivity contribution in [3.8, 4) is 0 Å². The Kier molecular flexibility index (Phi) is 3.04. The normalized spacial score (nSPS) is 24.2. The zero-order valence-electron chi connectivity index (χ0n) is 10.0. The van der Waals surface area contributed by atoms with Crippen LogP contribution in [0.25, 0.3) is 10.2 Å². The van der Waals surface area contributed by atoms with Gasteiger partial charge in [0.05, 0.1) is 21.1 Å². The van der Waals surface area contributed by atoms with E-state index < -0.39 is 5.97 Å². The minimum absolute atomic E-state index is 0.105. The summed E-state index contributed by atoms with van der Waals surface area (Å²) in [5.74, 6) is -0.813. The molecule has 1 heterocycles. The number of carbonyl (C=O) groups is 1. The van der Waals surface area contributed by atoms with Crippen molar-refractivity contribution in [3.63, 3.8) is 0 Å². The molecule has 0 radical (unpaired) electrons. The van der Waals surface area contributed by atoms with Crippen molar-refractivity contribution in [1.29, 1.82) is 0 Å². The van der Waals surface area contributed by atoms with Crippen molar-refractivity contribution in [3.05, 3.63) is 29.3 Å².